The Morgan fingerprint density at radius 2 is 1.85 bits per heavy atom. The van der Waals surface area contributed by atoms with Crippen LogP contribution in [-0.4, -0.2) is 54.3 Å². The molecule has 0 aromatic carbocycles. The lowest BCUT2D eigenvalue weighted by molar-refractivity contribution is -0.141. The van der Waals surface area contributed by atoms with Gasteiger partial charge in [0.1, 0.15) is 0 Å². The summed E-state index contributed by atoms with van der Waals surface area (Å²) < 4.78 is 27.9. The lowest BCUT2D eigenvalue weighted by Crippen LogP contribution is -2.48. The summed E-state index contributed by atoms with van der Waals surface area (Å²) in [6, 6.07) is 0.0444. The zero-order valence-corrected chi connectivity index (χ0v) is 13.4. The largest absolute Gasteiger partial charge is 0.481 e. The normalized spacial score (nSPS) is 19.4. The van der Waals surface area contributed by atoms with Gasteiger partial charge in [0.2, 0.25) is 0 Å². The molecule has 118 valence electrons. The van der Waals surface area contributed by atoms with Gasteiger partial charge in [-0.3, -0.25) is 4.79 Å². The van der Waals surface area contributed by atoms with E-state index in [1.165, 1.54) is 15.5 Å². The molecule has 1 N–H and O–H groups in total. The SMILES string of the molecule is CCN(CC(C)C(=O)O)S(=O)(=O)N(C)C1CCCCC1. The van der Waals surface area contributed by atoms with E-state index < -0.39 is 22.1 Å². The monoisotopic (exact) mass is 306 g/mol. The van der Waals surface area contributed by atoms with Gasteiger partial charge >= 0.3 is 5.97 Å². The Balaban J connectivity index is 2.79. The van der Waals surface area contributed by atoms with E-state index >= 15 is 0 Å². The molecular weight excluding hydrogens is 280 g/mol. The van der Waals surface area contributed by atoms with Crippen molar-refractivity contribution in [3.63, 3.8) is 0 Å². The van der Waals surface area contributed by atoms with Crippen molar-refractivity contribution >= 4 is 16.2 Å². The van der Waals surface area contributed by atoms with Crippen LogP contribution in [0, 0.1) is 5.92 Å². The van der Waals surface area contributed by atoms with Gasteiger partial charge in [-0.25, -0.2) is 0 Å². The summed E-state index contributed by atoms with van der Waals surface area (Å²) in [4.78, 5) is 10.9. The zero-order valence-electron chi connectivity index (χ0n) is 12.6. The topological polar surface area (TPSA) is 77.9 Å². The standard InChI is InChI=1S/C13H26N2O4S/c1-4-15(10-11(2)13(16)17)20(18,19)14(3)12-8-6-5-7-9-12/h11-12H,4-10H2,1-3H3,(H,16,17). The van der Waals surface area contributed by atoms with E-state index in [1.807, 2.05) is 0 Å². The third-order valence-corrected chi connectivity index (χ3v) is 6.12. The molecule has 1 rings (SSSR count). The van der Waals surface area contributed by atoms with Crippen molar-refractivity contribution < 1.29 is 18.3 Å². The average Bonchev–Trinajstić information content (AvgIpc) is 2.44. The molecular formula is C13H26N2O4S. The molecule has 1 aliphatic carbocycles. The van der Waals surface area contributed by atoms with Gasteiger partial charge in [-0.2, -0.15) is 17.0 Å². The second-order valence-corrected chi connectivity index (χ2v) is 7.49. The summed E-state index contributed by atoms with van der Waals surface area (Å²) in [6.45, 7) is 3.57. The van der Waals surface area contributed by atoms with Gasteiger partial charge in [-0.1, -0.05) is 33.1 Å². The van der Waals surface area contributed by atoms with Gasteiger partial charge in [-0.05, 0) is 12.8 Å². The highest BCUT2D eigenvalue weighted by molar-refractivity contribution is 7.86. The molecule has 0 aliphatic heterocycles. The van der Waals surface area contributed by atoms with E-state index in [4.69, 9.17) is 5.11 Å². The highest BCUT2D eigenvalue weighted by atomic mass is 32.2. The number of carbonyl (C=O) groups is 1. The molecule has 6 nitrogen and oxygen atoms in total. The highest BCUT2D eigenvalue weighted by Gasteiger charge is 2.33. The summed E-state index contributed by atoms with van der Waals surface area (Å²) in [5, 5.41) is 8.94. The molecule has 0 saturated heterocycles. The predicted molar refractivity (Wildman–Crippen MR) is 77.6 cm³/mol. The predicted octanol–water partition coefficient (Wildman–Crippen LogP) is 1.54. The Morgan fingerprint density at radius 1 is 1.30 bits per heavy atom. The Labute approximate surface area is 121 Å². The average molecular weight is 306 g/mol. The van der Waals surface area contributed by atoms with Gasteiger partial charge in [0.15, 0.2) is 0 Å². The minimum Gasteiger partial charge on any atom is -0.481 e. The first kappa shape index (κ1) is 17.4. The Kier molecular flexibility index (Phi) is 6.42. The van der Waals surface area contributed by atoms with E-state index in [0.29, 0.717) is 0 Å². The van der Waals surface area contributed by atoms with Gasteiger partial charge in [0, 0.05) is 26.2 Å². The third kappa shape index (κ3) is 4.17. The van der Waals surface area contributed by atoms with Crippen LogP contribution in [0.15, 0.2) is 0 Å². The minimum atomic E-state index is -3.58. The number of hydrogen-bond donors (Lipinski definition) is 1. The van der Waals surface area contributed by atoms with E-state index in [1.54, 1.807) is 14.0 Å². The first-order valence-electron chi connectivity index (χ1n) is 7.26. The Morgan fingerprint density at radius 3 is 2.30 bits per heavy atom. The summed E-state index contributed by atoms with van der Waals surface area (Å²) in [5.41, 5.74) is 0. The molecule has 1 saturated carbocycles. The molecule has 1 fully saturated rings. The molecule has 1 unspecified atom stereocenters. The lowest BCUT2D eigenvalue weighted by atomic mass is 9.96. The second kappa shape index (κ2) is 7.38. The summed E-state index contributed by atoms with van der Waals surface area (Å²) in [6.07, 6.45) is 5.06. The number of hydrogen-bond acceptors (Lipinski definition) is 3. The van der Waals surface area contributed by atoms with Gasteiger partial charge < -0.3 is 5.11 Å². The molecule has 0 spiro atoms. The molecule has 7 heteroatoms. The minimum absolute atomic E-state index is 0.0191. The fourth-order valence-electron chi connectivity index (χ4n) is 2.59. The van der Waals surface area contributed by atoms with Crippen molar-refractivity contribution in [3.8, 4) is 0 Å². The molecule has 0 aromatic rings. The van der Waals surface area contributed by atoms with Gasteiger partial charge in [0.05, 0.1) is 5.92 Å². The number of rotatable bonds is 7. The van der Waals surface area contributed by atoms with Crippen molar-refractivity contribution in [2.24, 2.45) is 5.92 Å². The smallest absolute Gasteiger partial charge is 0.307 e. The number of carboxylic acids is 1. The summed E-state index contributed by atoms with van der Waals surface area (Å²) >= 11 is 0. The van der Waals surface area contributed by atoms with Crippen LogP contribution in [0.1, 0.15) is 46.0 Å². The Bertz CT molecular complexity index is 418. The van der Waals surface area contributed by atoms with E-state index in [-0.39, 0.29) is 19.1 Å². The molecule has 1 aliphatic rings. The van der Waals surface area contributed by atoms with Crippen molar-refractivity contribution in [2.75, 3.05) is 20.1 Å². The van der Waals surface area contributed by atoms with E-state index in [9.17, 15) is 13.2 Å². The second-order valence-electron chi connectivity index (χ2n) is 5.51. The number of carboxylic acid groups (broad SMARTS) is 1. The van der Waals surface area contributed by atoms with Crippen LogP contribution in [0.2, 0.25) is 0 Å². The van der Waals surface area contributed by atoms with Gasteiger partial charge in [0.25, 0.3) is 10.2 Å². The number of nitrogens with zero attached hydrogens (tertiary/aromatic N) is 2. The van der Waals surface area contributed by atoms with Crippen LogP contribution in [0.3, 0.4) is 0 Å². The fraction of sp³-hybridized carbons (Fsp3) is 0.923. The van der Waals surface area contributed by atoms with Crippen LogP contribution in [0.25, 0.3) is 0 Å². The molecule has 0 heterocycles. The molecule has 0 aromatic heterocycles. The number of aliphatic carboxylic acids is 1. The Hall–Kier alpha value is -0.660. The molecule has 20 heavy (non-hydrogen) atoms. The van der Waals surface area contributed by atoms with Crippen molar-refractivity contribution in [1.29, 1.82) is 0 Å². The van der Waals surface area contributed by atoms with Crippen molar-refractivity contribution in [3.05, 3.63) is 0 Å². The van der Waals surface area contributed by atoms with Crippen molar-refractivity contribution in [1.82, 2.24) is 8.61 Å². The van der Waals surface area contributed by atoms with Crippen LogP contribution in [0.4, 0.5) is 0 Å². The van der Waals surface area contributed by atoms with Gasteiger partial charge in [-0.15, -0.1) is 0 Å². The molecule has 0 amide bonds. The van der Waals surface area contributed by atoms with Crippen LogP contribution in [0.5, 0.6) is 0 Å². The quantitative estimate of drug-likeness (QED) is 0.774. The maximum atomic E-state index is 12.6. The molecule has 0 radical (unpaired) electrons. The first-order chi connectivity index (χ1) is 9.30. The van der Waals surface area contributed by atoms with E-state index in [0.717, 1.165) is 32.1 Å². The third-order valence-electron chi connectivity index (χ3n) is 4.03. The summed E-state index contributed by atoms with van der Waals surface area (Å²) in [5.74, 6) is -1.68. The summed E-state index contributed by atoms with van der Waals surface area (Å²) in [7, 11) is -1.97. The lowest BCUT2D eigenvalue weighted by Gasteiger charge is -2.34. The van der Waals surface area contributed by atoms with Crippen molar-refractivity contribution in [2.45, 2.75) is 52.0 Å². The van der Waals surface area contributed by atoms with Crippen LogP contribution in [-0.2, 0) is 15.0 Å². The molecule has 1 atom stereocenters. The molecule has 0 bridgehead atoms. The maximum absolute atomic E-state index is 12.6. The first-order valence-corrected chi connectivity index (χ1v) is 8.66. The zero-order chi connectivity index (χ0) is 15.3. The van der Waals surface area contributed by atoms with Crippen LogP contribution < -0.4 is 0 Å². The van der Waals surface area contributed by atoms with E-state index in [2.05, 4.69) is 0 Å². The maximum Gasteiger partial charge on any atom is 0.307 e. The highest BCUT2D eigenvalue weighted by Crippen LogP contribution is 2.25. The fourth-order valence-corrected chi connectivity index (χ4v) is 4.28. The van der Waals surface area contributed by atoms with Crippen LogP contribution >= 0.6 is 0 Å².